The predicted octanol–water partition coefficient (Wildman–Crippen LogP) is 1.89. The summed E-state index contributed by atoms with van der Waals surface area (Å²) in [4.78, 5) is 44.4. The van der Waals surface area contributed by atoms with Gasteiger partial charge in [-0.1, -0.05) is 12.1 Å². The van der Waals surface area contributed by atoms with E-state index in [0.29, 0.717) is 18.4 Å². The van der Waals surface area contributed by atoms with Crippen molar-refractivity contribution in [1.82, 2.24) is 24.3 Å². The molecule has 4 rings (SSSR count). The number of aryl methyl sites for hydroxylation is 2. The fourth-order valence-electron chi connectivity index (χ4n) is 4.60. The van der Waals surface area contributed by atoms with Crippen molar-refractivity contribution in [1.29, 1.82) is 0 Å². The maximum Gasteiger partial charge on any atom is 0.422 e. The molecule has 2 aromatic heterocycles. The van der Waals surface area contributed by atoms with Gasteiger partial charge in [-0.3, -0.25) is 19.0 Å². The number of hydrogen-bond acceptors (Lipinski definition) is 6. The molecule has 3 heterocycles. The van der Waals surface area contributed by atoms with Gasteiger partial charge in [-0.25, -0.2) is 9.37 Å². The zero-order valence-corrected chi connectivity index (χ0v) is 21.2. The Labute approximate surface area is 219 Å². The molecule has 0 atom stereocenters. The third kappa shape index (κ3) is 6.05. The number of halogens is 4. The average Bonchev–Trinajstić information content (AvgIpc) is 3.17. The van der Waals surface area contributed by atoms with Crippen molar-refractivity contribution < 1.29 is 37.0 Å². The Balaban J connectivity index is 1.72. The topological polar surface area (TPSA) is 119 Å². The second-order valence-electron chi connectivity index (χ2n) is 9.30. The number of alkyl halides is 3. The van der Waals surface area contributed by atoms with E-state index in [-0.39, 0.29) is 42.2 Å². The number of carbonyl (C=O) groups excluding carboxylic acids is 2. The molecule has 1 aliphatic rings. The fourth-order valence-corrected chi connectivity index (χ4v) is 4.60. The Hall–Kier alpha value is -3.94. The SMILES string of the molecule is Cc1nc2c(c(OCC(F)(F)F)c(C(=O)NC3CCN(C(=O)CO)CC3)n2C)c(=O)n1Cc1ccc(F)cc1. The van der Waals surface area contributed by atoms with Crippen molar-refractivity contribution in [3.05, 3.63) is 57.5 Å². The summed E-state index contributed by atoms with van der Waals surface area (Å²) < 4.78 is 60.2. The quantitative estimate of drug-likeness (QED) is 0.432. The number of carbonyl (C=O) groups is 2. The molecule has 2 amide bonds. The number of amides is 2. The highest BCUT2D eigenvalue weighted by atomic mass is 19.4. The molecule has 0 saturated carbocycles. The molecule has 39 heavy (non-hydrogen) atoms. The minimum absolute atomic E-state index is 0.0291. The number of nitrogens with one attached hydrogen (secondary N) is 1. The second-order valence-corrected chi connectivity index (χ2v) is 9.30. The van der Waals surface area contributed by atoms with Crippen molar-refractivity contribution in [2.75, 3.05) is 26.3 Å². The van der Waals surface area contributed by atoms with E-state index in [0.717, 1.165) is 0 Å². The second kappa shape index (κ2) is 11.0. The number of ether oxygens (including phenoxy) is 1. The van der Waals surface area contributed by atoms with Crippen molar-refractivity contribution in [2.45, 2.75) is 38.5 Å². The molecule has 0 spiro atoms. The van der Waals surface area contributed by atoms with Crippen LogP contribution in [0, 0.1) is 12.7 Å². The van der Waals surface area contributed by atoms with Gasteiger partial charge in [0.2, 0.25) is 5.91 Å². The van der Waals surface area contributed by atoms with Gasteiger partial charge in [-0.05, 0) is 37.5 Å². The molecule has 0 bridgehead atoms. The average molecular weight is 554 g/mol. The number of likely N-dealkylation sites (tertiary alicyclic amines) is 1. The molecule has 1 aliphatic heterocycles. The van der Waals surface area contributed by atoms with E-state index in [2.05, 4.69) is 10.3 Å². The first-order valence-corrected chi connectivity index (χ1v) is 12.1. The summed E-state index contributed by atoms with van der Waals surface area (Å²) in [5.74, 6) is -1.98. The molecule has 1 saturated heterocycles. The van der Waals surface area contributed by atoms with Crippen LogP contribution in [-0.2, 0) is 18.4 Å². The lowest BCUT2D eigenvalue weighted by atomic mass is 10.0. The van der Waals surface area contributed by atoms with Crippen molar-refractivity contribution >= 4 is 22.8 Å². The van der Waals surface area contributed by atoms with Gasteiger partial charge in [0.1, 0.15) is 23.6 Å². The highest BCUT2D eigenvalue weighted by molar-refractivity contribution is 6.03. The molecule has 0 aliphatic carbocycles. The third-order valence-corrected chi connectivity index (χ3v) is 6.60. The lowest BCUT2D eigenvalue weighted by Gasteiger charge is -2.32. The number of rotatable bonds is 7. The van der Waals surface area contributed by atoms with Gasteiger partial charge in [-0.2, -0.15) is 13.2 Å². The van der Waals surface area contributed by atoms with Crippen LogP contribution in [0.4, 0.5) is 17.6 Å². The van der Waals surface area contributed by atoms with Crippen LogP contribution in [0.1, 0.15) is 34.7 Å². The zero-order chi connectivity index (χ0) is 28.5. The molecule has 3 aromatic rings. The van der Waals surface area contributed by atoms with Crippen LogP contribution in [0.2, 0.25) is 0 Å². The summed E-state index contributed by atoms with van der Waals surface area (Å²) in [5, 5.41) is 11.5. The maximum absolute atomic E-state index is 13.6. The summed E-state index contributed by atoms with van der Waals surface area (Å²) in [6.45, 7) is -0.294. The van der Waals surface area contributed by atoms with E-state index in [4.69, 9.17) is 9.84 Å². The van der Waals surface area contributed by atoms with E-state index in [1.807, 2.05) is 0 Å². The Morgan fingerprint density at radius 3 is 2.41 bits per heavy atom. The van der Waals surface area contributed by atoms with Crippen molar-refractivity contribution in [2.24, 2.45) is 7.05 Å². The van der Waals surface area contributed by atoms with Crippen LogP contribution in [-0.4, -0.2) is 74.5 Å². The molecule has 0 unspecified atom stereocenters. The molecule has 1 fully saturated rings. The normalized spacial score (nSPS) is 14.6. The lowest BCUT2D eigenvalue weighted by molar-refractivity contribution is -0.153. The number of aliphatic hydroxyl groups excluding tert-OH is 1. The number of nitrogens with zero attached hydrogens (tertiary/aromatic N) is 4. The largest absolute Gasteiger partial charge is 0.481 e. The minimum atomic E-state index is -4.74. The molecular weight excluding hydrogens is 526 g/mol. The van der Waals surface area contributed by atoms with Gasteiger partial charge in [0.05, 0.1) is 6.54 Å². The number of aliphatic hydroxyl groups is 1. The smallest absolute Gasteiger partial charge is 0.422 e. The zero-order valence-electron chi connectivity index (χ0n) is 21.2. The summed E-state index contributed by atoms with van der Waals surface area (Å²) in [5.41, 5.74) is -0.491. The van der Waals surface area contributed by atoms with Gasteiger partial charge in [0, 0.05) is 26.2 Å². The summed E-state index contributed by atoms with van der Waals surface area (Å²) in [7, 11) is 1.40. The Morgan fingerprint density at radius 2 is 1.82 bits per heavy atom. The first-order valence-electron chi connectivity index (χ1n) is 12.1. The predicted molar refractivity (Wildman–Crippen MR) is 131 cm³/mol. The number of benzene rings is 1. The Morgan fingerprint density at radius 1 is 1.18 bits per heavy atom. The first kappa shape index (κ1) is 28.1. The van der Waals surface area contributed by atoms with E-state index in [9.17, 15) is 31.9 Å². The van der Waals surface area contributed by atoms with Crippen molar-refractivity contribution in [3.8, 4) is 5.75 Å². The van der Waals surface area contributed by atoms with Crippen LogP contribution in [0.3, 0.4) is 0 Å². The van der Waals surface area contributed by atoms with E-state index in [1.54, 1.807) is 0 Å². The van der Waals surface area contributed by atoms with Crippen LogP contribution in [0.5, 0.6) is 5.75 Å². The number of aromatic nitrogens is 3. The van der Waals surface area contributed by atoms with Crippen molar-refractivity contribution in [3.63, 3.8) is 0 Å². The van der Waals surface area contributed by atoms with Crippen LogP contribution < -0.4 is 15.6 Å². The van der Waals surface area contributed by atoms with Gasteiger partial charge in [0.25, 0.3) is 11.5 Å². The van der Waals surface area contributed by atoms with Gasteiger partial charge in [0.15, 0.2) is 23.7 Å². The van der Waals surface area contributed by atoms with Crippen LogP contribution in [0.25, 0.3) is 11.0 Å². The summed E-state index contributed by atoms with van der Waals surface area (Å²) in [6, 6.07) is 4.97. The van der Waals surface area contributed by atoms with Crippen LogP contribution >= 0.6 is 0 Å². The highest BCUT2D eigenvalue weighted by Crippen LogP contribution is 2.32. The molecular formula is C25H27F4N5O5. The van der Waals surface area contributed by atoms with Gasteiger partial charge >= 0.3 is 6.18 Å². The maximum atomic E-state index is 13.6. The lowest BCUT2D eigenvalue weighted by Crippen LogP contribution is -2.47. The fraction of sp³-hybridized carbons (Fsp3) is 0.440. The van der Waals surface area contributed by atoms with Gasteiger partial charge in [-0.15, -0.1) is 0 Å². The number of fused-ring (bicyclic) bond motifs is 1. The third-order valence-electron chi connectivity index (χ3n) is 6.60. The molecule has 10 nitrogen and oxygen atoms in total. The van der Waals surface area contributed by atoms with E-state index < -0.39 is 54.4 Å². The molecule has 14 heteroatoms. The molecule has 2 N–H and O–H groups in total. The molecule has 0 radical (unpaired) electrons. The monoisotopic (exact) mass is 553 g/mol. The van der Waals surface area contributed by atoms with Crippen LogP contribution in [0.15, 0.2) is 29.1 Å². The Bertz CT molecular complexity index is 1440. The summed E-state index contributed by atoms with van der Waals surface area (Å²) >= 11 is 0. The highest BCUT2D eigenvalue weighted by Gasteiger charge is 2.34. The number of hydrogen-bond donors (Lipinski definition) is 2. The Kier molecular flexibility index (Phi) is 7.95. The minimum Gasteiger partial charge on any atom is -0.481 e. The standard InChI is InChI=1S/C25H27F4N5O5/c1-14-30-22-19(24(38)34(14)11-15-3-5-16(26)6-4-15)21(39-13-25(27,28)29)20(32(22)2)23(37)31-17-7-9-33(10-8-17)18(36)12-35/h3-6,17,35H,7-13H2,1-2H3,(H,31,37). The molecule has 1 aromatic carbocycles. The van der Waals surface area contributed by atoms with Gasteiger partial charge < -0.3 is 24.6 Å². The first-order chi connectivity index (χ1) is 18.4. The van der Waals surface area contributed by atoms with E-state index >= 15 is 0 Å². The molecule has 210 valence electrons. The summed E-state index contributed by atoms with van der Waals surface area (Å²) in [6.07, 6.45) is -4.02. The van der Waals surface area contributed by atoms with E-state index in [1.165, 1.54) is 52.3 Å². The number of piperidine rings is 1.